The van der Waals surface area contributed by atoms with Crippen molar-refractivity contribution in [3.63, 3.8) is 0 Å². The maximum absolute atomic E-state index is 9.29. The minimum absolute atomic E-state index is 0.249. The first kappa shape index (κ1) is 9.82. The molecule has 0 fully saturated rings. The molecule has 1 aromatic rings. The smallest absolute Gasteiger partial charge is 0.197 e. The Balaban J connectivity index is 2.99. The topological polar surface area (TPSA) is 98.4 Å². The van der Waals surface area contributed by atoms with Crippen LogP contribution in [-0.2, 0) is 0 Å². The van der Waals surface area contributed by atoms with E-state index in [0.717, 1.165) is 5.06 Å². The minimum atomic E-state index is -0.716. The van der Waals surface area contributed by atoms with Gasteiger partial charge in [0.15, 0.2) is 5.82 Å². The Labute approximate surface area is 75.9 Å². The molecule has 74 valence electrons. The molecule has 6 heteroatoms. The van der Waals surface area contributed by atoms with Crippen LogP contribution in [0.2, 0.25) is 0 Å². The largest absolute Gasteiger partial charge is 0.394 e. The van der Waals surface area contributed by atoms with Crippen LogP contribution in [0.4, 0.5) is 11.5 Å². The Morgan fingerprint density at radius 2 is 2.31 bits per heavy atom. The molecule has 5 N–H and O–H groups in total. The van der Waals surface area contributed by atoms with E-state index in [-0.39, 0.29) is 11.5 Å². The Kier molecular flexibility index (Phi) is 2.74. The number of nitrogens with one attached hydrogen (secondary N) is 1. The first-order valence-electron chi connectivity index (χ1n) is 4.06. The second-order valence-electron chi connectivity index (χ2n) is 2.77. The monoisotopic (exact) mass is 186 g/mol. The lowest BCUT2D eigenvalue weighted by Crippen LogP contribution is -2.18. The standard InChI is InChI=1S/C7H14N4O2/c1-3-11(13)7-5(8)6(4(2)12)9-10-7/h4,12-13H,3,8H2,1-2H3,(H,9,10). The highest BCUT2D eigenvalue weighted by Crippen LogP contribution is 2.26. The minimum Gasteiger partial charge on any atom is -0.394 e. The van der Waals surface area contributed by atoms with E-state index in [2.05, 4.69) is 10.2 Å². The Hall–Kier alpha value is -1.27. The van der Waals surface area contributed by atoms with Gasteiger partial charge in [0.2, 0.25) is 0 Å². The molecule has 0 bridgehead atoms. The zero-order valence-corrected chi connectivity index (χ0v) is 7.65. The molecular weight excluding hydrogens is 172 g/mol. The zero-order chi connectivity index (χ0) is 10.0. The number of H-pyrrole nitrogens is 1. The molecule has 1 unspecified atom stereocenters. The molecule has 1 atom stereocenters. The van der Waals surface area contributed by atoms with E-state index in [1.54, 1.807) is 13.8 Å². The first-order valence-corrected chi connectivity index (χ1v) is 4.06. The van der Waals surface area contributed by atoms with Crippen molar-refractivity contribution >= 4 is 11.5 Å². The van der Waals surface area contributed by atoms with Gasteiger partial charge < -0.3 is 10.8 Å². The highest BCUT2D eigenvalue weighted by molar-refractivity contribution is 5.64. The predicted molar refractivity (Wildman–Crippen MR) is 48.4 cm³/mol. The van der Waals surface area contributed by atoms with Crippen molar-refractivity contribution in [1.82, 2.24) is 10.2 Å². The normalized spacial score (nSPS) is 12.9. The number of hydrogen-bond donors (Lipinski definition) is 4. The van der Waals surface area contributed by atoms with Crippen molar-refractivity contribution in [1.29, 1.82) is 0 Å². The summed E-state index contributed by atoms with van der Waals surface area (Å²) in [4.78, 5) is 0. The molecule has 1 rings (SSSR count). The summed E-state index contributed by atoms with van der Waals surface area (Å²) in [6.07, 6.45) is -0.716. The van der Waals surface area contributed by atoms with Crippen LogP contribution in [0.15, 0.2) is 0 Å². The number of rotatable bonds is 3. The number of nitrogens with zero attached hydrogens (tertiary/aromatic N) is 2. The van der Waals surface area contributed by atoms with Gasteiger partial charge in [-0.05, 0) is 13.8 Å². The van der Waals surface area contributed by atoms with Crippen LogP contribution in [0, 0.1) is 0 Å². The van der Waals surface area contributed by atoms with Crippen LogP contribution < -0.4 is 10.8 Å². The first-order chi connectivity index (χ1) is 6.07. The van der Waals surface area contributed by atoms with Crippen molar-refractivity contribution in [2.75, 3.05) is 17.3 Å². The fourth-order valence-corrected chi connectivity index (χ4v) is 1.02. The maximum atomic E-state index is 9.29. The second kappa shape index (κ2) is 3.63. The molecule has 6 nitrogen and oxygen atoms in total. The van der Waals surface area contributed by atoms with Crippen molar-refractivity contribution in [2.45, 2.75) is 20.0 Å². The van der Waals surface area contributed by atoms with E-state index in [4.69, 9.17) is 5.73 Å². The molecule has 13 heavy (non-hydrogen) atoms. The number of nitrogen functional groups attached to an aromatic ring is 1. The van der Waals surface area contributed by atoms with Crippen molar-refractivity contribution in [3.8, 4) is 0 Å². The lowest BCUT2D eigenvalue weighted by molar-refractivity contribution is 0.195. The summed E-state index contributed by atoms with van der Waals surface area (Å²) < 4.78 is 0. The van der Waals surface area contributed by atoms with Gasteiger partial charge in [-0.2, -0.15) is 5.10 Å². The van der Waals surface area contributed by atoms with E-state index < -0.39 is 6.10 Å². The summed E-state index contributed by atoms with van der Waals surface area (Å²) in [7, 11) is 0. The average molecular weight is 186 g/mol. The Bertz CT molecular complexity index is 284. The predicted octanol–water partition coefficient (Wildman–Crippen LogP) is 0.261. The number of aromatic amines is 1. The van der Waals surface area contributed by atoms with Crippen LogP contribution in [0.5, 0.6) is 0 Å². The number of nitrogens with two attached hydrogens (primary N) is 1. The summed E-state index contributed by atoms with van der Waals surface area (Å²) in [6.45, 7) is 3.71. The van der Waals surface area contributed by atoms with E-state index in [1.165, 1.54) is 0 Å². The molecule has 0 spiro atoms. The number of anilines is 2. The third-order valence-electron chi connectivity index (χ3n) is 1.78. The molecule has 0 aliphatic carbocycles. The van der Waals surface area contributed by atoms with Gasteiger partial charge in [-0.1, -0.05) is 0 Å². The SMILES string of the molecule is CCN(O)c1n[nH]c(C(C)O)c1N. The van der Waals surface area contributed by atoms with Crippen molar-refractivity contribution < 1.29 is 10.3 Å². The van der Waals surface area contributed by atoms with Crippen LogP contribution in [0.25, 0.3) is 0 Å². The van der Waals surface area contributed by atoms with Crippen molar-refractivity contribution in [2.24, 2.45) is 0 Å². The van der Waals surface area contributed by atoms with Crippen molar-refractivity contribution in [3.05, 3.63) is 5.69 Å². The lowest BCUT2D eigenvalue weighted by Gasteiger charge is -2.11. The van der Waals surface area contributed by atoms with Gasteiger partial charge in [-0.15, -0.1) is 0 Å². The van der Waals surface area contributed by atoms with Gasteiger partial charge in [-0.25, -0.2) is 5.06 Å². The molecule has 1 heterocycles. The summed E-state index contributed by atoms with van der Waals surface area (Å²) >= 11 is 0. The highest BCUT2D eigenvalue weighted by Gasteiger charge is 2.16. The van der Waals surface area contributed by atoms with Gasteiger partial charge in [-0.3, -0.25) is 10.3 Å². The number of aliphatic hydroxyl groups excluding tert-OH is 1. The molecule has 0 saturated carbocycles. The maximum Gasteiger partial charge on any atom is 0.197 e. The zero-order valence-electron chi connectivity index (χ0n) is 7.65. The van der Waals surface area contributed by atoms with Crippen LogP contribution >= 0.6 is 0 Å². The summed E-state index contributed by atoms with van der Waals surface area (Å²) in [6, 6.07) is 0. The van der Waals surface area contributed by atoms with Gasteiger partial charge >= 0.3 is 0 Å². The number of aromatic nitrogens is 2. The summed E-state index contributed by atoms with van der Waals surface area (Å²) in [5, 5.41) is 25.8. The summed E-state index contributed by atoms with van der Waals surface area (Å²) in [5.74, 6) is 0.249. The Morgan fingerprint density at radius 3 is 2.69 bits per heavy atom. The third kappa shape index (κ3) is 1.73. The van der Waals surface area contributed by atoms with E-state index in [1.807, 2.05) is 0 Å². The molecule has 0 aliphatic heterocycles. The van der Waals surface area contributed by atoms with Crippen LogP contribution in [0.1, 0.15) is 25.6 Å². The second-order valence-corrected chi connectivity index (χ2v) is 2.77. The third-order valence-corrected chi connectivity index (χ3v) is 1.78. The molecular formula is C7H14N4O2. The Morgan fingerprint density at radius 1 is 1.69 bits per heavy atom. The lowest BCUT2D eigenvalue weighted by atomic mass is 10.2. The quantitative estimate of drug-likeness (QED) is 0.507. The average Bonchev–Trinajstić information content (AvgIpc) is 2.46. The number of hydroxylamine groups is 1. The number of aliphatic hydroxyl groups is 1. The van der Waals surface area contributed by atoms with Crippen LogP contribution in [0.3, 0.4) is 0 Å². The van der Waals surface area contributed by atoms with E-state index >= 15 is 0 Å². The molecule has 1 aromatic heterocycles. The summed E-state index contributed by atoms with van der Waals surface area (Å²) in [5.41, 5.74) is 6.32. The number of hydrogen-bond acceptors (Lipinski definition) is 5. The van der Waals surface area contributed by atoms with Gasteiger partial charge in [0.05, 0.1) is 11.8 Å². The molecule has 0 radical (unpaired) electrons. The van der Waals surface area contributed by atoms with Crippen LogP contribution in [-0.4, -0.2) is 27.1 Å². The van der Waals surface area contributed by atoms with E-state index in [0.29, 0.717) is 12.2 Å². The molecule has 0 saturated heterocycles. The van der Waals surface area contributed by atoms with Gasteiger partial charge in [0.1, 0.15) is 5.69 Å². The molecule has 0 aromatic carbocycles. The highest BCUT2D eigenvalue weighted by atomic mass is 16.5. The fourth-order valence-electron chi connectivity index (χ4n) is 1.02. The molecule has 0 aliphatic rings. The fraction of sp³-hybridized carbons (Fsp3) is 0.571. The van der Waals surface area contributed by atoms with E-state index in [9.17, 15) is 10.3 Å². The van der Waals surface area contributed by atoms with Gasteiger partial charge in [0.25, 0.3) is 0 Å². The molecule has 0 amide bonds. The van der Waals surface area contributed by atoms with Gasteiger partial charge in [0, 0.05) is 6.54 Å².